The molecule has 0 aliphatic carbocycles. The van der Waals surface area contributed by atoms with E-state index in [2.05, 4.69) is 37.6 Å². The smallest absolute Gasteiger partial charge is 0.191 e. The van der Waals surface area contributed by atoms with Crippen molar-refractivity contribution in [2.75, 3.05) is 0 Å². The third kappa shape index (κ3) is 3.55. The van der Waals surface area contributed by atoms with E-state index in [1.807, 2.05) is 28.4 Å². The summed E-state index contributed by atoms with van der Waals surface area (Å²) in [5, 5.41) is 21.2. The fraction of sp³-hybridized carbons (Fsp3) is 0.429. The Labute approximate surface area is 138 Å². The minimum atomic E-state index is 0.662. The minimum absolute atomic E-state index is 0.662. The van der Waals surface area contributed by atoms with Gasteiger partial charge in [0.15, 0.2) is 16.8 Å². The first kappa shape index (κ1) is 15.6. The van der Waals surface area contributed by atoms with Crippen molar-refractivity contribution in [2.45, 2.75) is 37.2 Å². The van der Waals surface area contributed by atoms with Crippen molar-refractivity contribution in [1.29, 1.82) is 0 Å². The van der Waals surface area contributed by atoms with Gasteiger partial charge in [0.25, 0.3) is 0 Å². The van der Waals surface area contributed by atoms with E-state index in [9.17, 15) is 0 Å². The van der Waals surface area contributed by atoms with Crippen molar-refractivity contribution in [3.05, 3.63) is 30.4 Å². The summed E-state index contributed by atoms with van der Waals surface area (Å²) in [6, 6.07) is 3.86. The molecule has 0 unspecified atom stereocenters. The van der Waals surface area contributed by atoms with Gasteiger partial charge in [-0.15, -0.1) is 15.3 Å². The number of aryl methyl sites for hydroxylation is 1. The third-order valence-electron chi connectivity index (χ3n) is 3.41. The number of thioether (sulfide) groups is 1. The van der Waals surface area contributed by atoms with Crippen molar-refractivity contribution >= 4 is 11.8 Å². The fourth-order valence-corrected chi connectivity index (χ4v) is 2.97. The monoisotopic (exact) mass is 330 g/mol. The largest absolute Gasteiger partial charge is 0.305 e. The molecule has 8 nitrogen and oxygen atoms in total. The Kier molecular flexibility index (Phi) is 4.96. The number of hydrogen-bond donors (Lipinski definition) is 0. The number of unbranched alkanes of at least 4 members (excludes halogenated alkanes) is 1. The van der Waals surface area contributed by atoms with Crippen LogP contribution in [0, 0.1) is 0 Å². The molecule has 0 aliphatic rings. The van der Waals surface area contributed by atoms with E-state index in [1.165, 1.54) is 0 Å². The summed E-state index contributed by atoms with van der Waals surface area (Å²) in [6.07, 6.45) is 5.71. The number of rotatable bonds is 7. The van der Waals surface area contributed by atoms with Crippen molar-refractivity contribution in [3.63, 3.8) is 0 Å². The zero-order valence-corrected chi connectivity index (χ0v) is 13.9. The van der Waals surface area contributed by atoms with Crippen molar-refractivity contribution < 1.29 is 0 Å². The molecule has 3 aromatic heterocycles. The maximum Gasteiger partial charge on any atom is 0.191 e. The molecule has 0 aromatic carbocycles. The van der Waals surface area contributed by atoms with Crippen LogP contribution in [0.2, 0.25) is 0 Å². The van der Waals surface area contributed by atoms with Crippen LogP contribution in [-0.4, -0.2) is 40.0 Å². The van der Waals surface area contributed by atoms with Gasteiger partial charge in [-0.25, -0.2) is 4.68 Å². The molecule has 3 heterocycles. The van der Waals surface area contributed by atoms with E-state index in [4.69, 9.17) is 0 Å². The SMILES string of the molecule is CCCCn1nnnc1CSc1nnc(-c2cccnc2)n1C. The number of tetrazole rings is 1. The van der Waals surface area contributed by atoms with Crippen LogP contribution in [0.15, 0.2) is 29.7 Å². The summed E-state index contributed by atoms with van der Waals surface area (Å²) in [5.74, 6) is 2.32. The second-order valence-electron chi connectivity index (χ2n) is 5.07. The first-order chi connectivity index (χ1) is 11.3. The van der Waals surface area contributed by atoms with Gasteiger partial charge in [-0.05, 0) is 29.0 Å². The van der Waals surface area contributed by atoms with E-state index in [1.54, 1.807) is 24.2 Å². The minimum Gasteiger partial charge on any atom is -0.305 e. The van der Waals surface area contributed by atoms with Gasteiger partial charge in [-0.1, -0.05) is 25.1 Å². The van der Waals surface area contributed by atoms with Gasteiger partial charge in [-0.3, -0.25) is 4.98 Å². The molecule has 3 rings (SSSR count). The molecule has 9 heteroatoms. The highest BCUT2D eigenvalue weighted by Gasteiger charge is 2.13. The van der Waals surface area contributed by atoms with Crippen LogP contribution in [0.25, 0.3) is 11.4 Å². The normalized spacial score (nSPS) is 11.0. The molecule has 0 aliphatic heterocycles. The van der Waals surface area contributed by atoms with Crippen LogP contribution >= 0.6 is 11.8 Å². The third-order valence-corrected chi connectivity index (χ3v) is 4.43. The summed E-state index contributed by atoms with van der Waals surface area (Å²) in [6.45, 7) is 3.00. The standard InChI is InChI=1S/C14H18N8S/c1-3-4-8-22-12(16-19-20-22)10-23-14-18-17-13(21(14)2)11-6-5-7-15-9-11/h5-7,9H,3-4,8,10H2,1-2H3. The van der Waals surface area contributed by atoms with Gasteiger partial charge in [0, 0.05) is 31.5 Å². The molecule has 0 amide bonds. The quantitative estimate of drug-likeness (QED) is 0.612. The lowest BCUT2D eigenvalue weighted by Gasteiger charge is -2.04. The van der Waals surface area contributed by atoms with Crippen molar-refractivity contribution in [1.82, 2.24) is 40.0 Å². The van der Waals surface area contributed by atoms with Crippen LogP contribution < -0.4 is 0 Å². The Balaban J connectivity index is 1.70. The maximum absolute atomic E-state index is 4.25. The van der Waals surface area contributed by atoms with E-state index in [0.717, 1.165) is 41.8 Å². The molecule has 0 radical (unpaired) electrons. The van der Waals surface area contributed by atoms with Crippen molar-refractivity contribution in [2.24, 2.45) is 7.05 Å². The topological polar surface area (TPSA) is 87.2 Å². The predicted octanol–water partition coefficient (Wildman–Crippen LogP) is 1.96. The number of aromatic nitrogens is 8. The van der Waals surface area contributed by atoms with Crippen LogP contribution in [0.3, 0.4) is 0 Å². The average Bonchev–Trinajstić information content (AvgIpc) is 3.18. The van der Waals surface area contributed by atoms with Crippen molar-refractivity contribution in [3.8, 4) is 11.4 Å². The Morgan fingerprint density at radius 2 is 2.13 bits per heavy atom. The molecular weight excluding hydrogens is 312 g/mol. The van der Waals surface area contributed by atoms with Crippen LogP contribution in [0.5, 0.6) is 0 Å². The molecule has 23 heavy (non-hydrogen) atoms. The van der Waals surface area contributed by atoms with Gasteiger partial charge in [0.1, 0.15) is 0 Å². The molecule has 0 spiro atoms. The average molecular weight is 330 g/mol. The second-order valence-corrected chi connectivity index (χ2v) is 6.01. The Morgan fingerprint density at radius 1 is 1.22 bits per heavy atom. The van der Waals surface area contributed by atoms with E-state index in [-0.39, 0.29) is 0 Å². The lowest BCUT2D eigenvalue weighted by Crippen LogP contribution is -2.05. The van der Waals surface area contributed by atoms with Gasteiger partial charge in [-0.2, -0.15) is 0 Å². The highest BCUT2D eigenvalue weighted by molar-refractivity contribution is 7.98. The van der Waals surface area contributed by atoms with E-state index < -0.39 is 0 Å². The summed E-state index contributed by atoms with van der Waals surface area (Å²) in [7, 11) is 1.95. The van der Waals surface area contributed by atoms with Gasteiger partial charge >= 0.3 is 0 Å². The van der Waals surface area contributed by atoms with Gasteiger partial charge in [0.2, 0.25) is 0 Å². The van der Waals surface area contributed by atoms with E-state index >= 15 is 0 Å². The predicted molar refractivity (Wildman–Crippen MR) is 86.5 cm³/mol. The lowest BCUT2D eigenvalue weighted by molar-refractivity contribution is 0.540. The zero-order chi connectivity index (χ0) is 16.1. The molecule has 3 aromatic rings. The first-order valence-corrected chi connectivity index (χ1v) is 8.45. The fourth-order valence-electron chi connectivity index (χ4n) is 2.12. The highest BCUT2D eigenvalue weighted by Crippen LogP contribution is 2.24. The summed E-state index contributed by atoms with van der Waals surface area (Å²) in [5.41, 5.74) is 0.946. The highest BCUT2D eigenvalue weighted by atomic mass is 32.2. The van der Waals surface area contributed by atoms with E-state index in [0.29, 0.717) is 5.75 Å². The molecule has 120 valence electrons. The molecule has 0 atom stereocenters. The van der Waals surface area contributed by atoms with Crippen LogP contribution in [-0.2, 0) is 19.3 Å². The second kappa shape index (κ2) is 7.32. The molecule has 0 fully saturated rings. The molecule has 0 saturated heterocycles. The number of nitrogens with zero attached hydrogens (tertiary/aromatic N) is 8. The van der Waals surface area contributed by atoms with Gasteiger partial charge < -0.3 is 4.57 Å². The Morgan fingerprint density at radius 3 is 2.91 bits per heavy atom. The first-order valence-electron chi connectivity index (χ1n) is 7.47. The Bertz CT molecular complexity index is 751. The molecule has 0 bridgehead atoms. The zero-order valence-electron chi connectivity index (χ0n) is 13.1. The van der Waals surface area contributed by atoms with Crippen LogP contribution in [0.1, 0.15) is 25.6 Å². The Hall–Kier alpha value is -2.29. The molecular formula is C14H18N8S. The summed E-state index contributed by atoms with van der Waals surface area (Å²) >= 11 is 1.57. The number of hydrogen-bond acceptors (Lipinski definition) is 7. The summed E-state index contributed by atoms with van der Waals surface area (Å²) < 4.78 is 3.82. The molecule has 0 N–H and O–H groups in total. The van der Waals surface area contributed by atoms with Gasteiger partial charge in [0.05, 0.1) is 5.75 Å². The number of pyridine rings is 1. The van der Waals surface area contributed by atoms with Crippen LogP contribution in [0.4, 0.5) is 0 Å². The lowest BCUT2D eigenvalue weighted by atomic mass is 10.3. The maximum atomic E-state index is 4.25. The molecule has 0 saturated carbocycles. The summed E-state index contributed by atoms with van der Waals surface area (Å²) in [4.78, 5) is 4.12.